The molecule has 31 heavy (non-hydrogen) atoms. The first-order valence-corrected chi connectivity index (χ1v) is 9.71. The van der Waals surface area contributed by atoms with Crippen molar-refractivity contribution in [1.82, 2.24) is 14.9 Å². The van der Waals surface area contributed by atoms with Gasteiger partial charge >= 0.3 is 0 Å². The Hall–Kier alpha value is -3.61. The molecular formula is C21H22F2N6O2. The Labute approximate surface area is 178 Å². The van der Waals surface area contributed by atoms with E-state index in [2.05, 4.69) is 20.6 Å². The van der Waals surface area contributed by atoms with E-state index in [0.717, 1.165) is 12.8 Å². The van der Waals surface area contributed by atoms with Gasteiger partial charge in [0.25, 0.3) is 0 Å². The van der Waals surface area contributed by atoms with E-state index in [9.17, 15) is 23.6 Å². The zero-order valence-electron chi connectivity index (χ0n) is 17.1. The molecule has 0 bridgehead atoms. The molecule has 0 saturated heterocycles. The number of halogens is 2. The molecule has 1 aromatic carbocycles. The summed E-state index contributed by atoms with van der Waals surface area (Å²) in [6, 6.07) is 5.52. The number of alkyl halides is 2. The third-order valence-electron chi connectivity index (χ3n) is 4.77. The first-order chi connectivity index (χ1) is 14.8. The number of nitrogens with zero attached hydrogens (tertiary/aromatic N) is 4. The van der Waals surface area contributed by atoms with Crippen LogP contribution in [0.2, 0.25) is 0 Å². The summed E-state index contributed by atoms with van der Waals surface area (Å²) < 4.78 is 26.0. The Morgan fingerprint density at radius 1 is 1.26 bits per heavy atom. The number of rotatable bonds is 8. The van der Waals surface area contributed by atoms with Crippen LogP contribution in [-0.2, 0) is 9.59 Å². The number of carbonyl (C=O) groups is 2. The molecular weight excluding hydrogens is 406 g/mol. The van der Waals surface area contributed by atoms with Crippen molar-refractivity contribution in [2.75, 3.05) is 24.7 Å². The van der Waals surface area contributed by atoms with Crippen LogP contribution in [0.4, 0.5) is 20.3 Å². The quantitative estimate of drug-likeness (QED) is 0.669. The Morgan fingerprint density at radius 2 is 2.00 bits per heavy atom. The molecule has 0 unspecified atom stereocenters. The van der Waals surface area contributed by atoms with E-state index in [-0.39, 0.29) is 23.1 Å². The van der Waals surface area contributed by atoms with Gasteiger partial charge in [0.05, 0.1) is 29.3 Å². The normalized spacial score (nSPS) is 13.9. The molecule has 3 rings (SSSR count). The summed E-state index contributed by atoms with van der Waals surface area (Å²) in [5, 5.41) is 14.9. The van der Waals surface area contributed by atoms with Crippen LogP contribution in [0.25, 0.3) is 11.3 Å². The second-order valence-corrected chi connectivity index (χ2v) is 7.48. The van der Waals surface area contributed by atoms with Gasteiger partial charge in [0.2, 0.25) is 18.2 Å². The highest BCUT2D eigenvalue weighted by Gasteiger charge is 2.30. The van der Waals surface area contributed by atoms with Crippen LogP contribution < -0.4 is 10.6 Å². The molecule has 8 nitrogen and oxygen atoms in total. The van der Waals surface area contributed by atoms with E-state index in [1.807, 2.05) is 6.07 Å². The molecule has 1 aromatic heterocycles. The van der Waals surface area contributed by atoms with Gasteiger partial charge in [-0.05, 0) is 25.0 Å². The molecule has 2 aromatic rings. The first kappa shape index (κ1) is 22.1. The van der Waals surface area contributed by atoms with Gasteiger partial charge in [-0.2, -0.15) is 5.26 Å². The molecule has 2 amide bonds. The number of aromatic nitrogens is 2. The van der Waals surface area contributed by atoms with Crippen molar-refractivity contribution in [3.63, 3.8) is 0 Å². The Bertz CT molecular complexity index is 1000. The van der Waals surface area contributed by atoms with Crippen molar-refractivity contribution < 1.29 is 18.4 Å². The van der Waals surface area contributed by atoms with Crippen LogP contribution >= 0.6 is 0 Å². The number of carbonyl (C=O) groups excluding carboxylic acids is 2. The highest BCUT2D eigenvalue weighted by molar-refractivity contribution is 5.93. The lowest BCUT2D eigenvalue weighted by Gasteiger charge is -2.23. The lowest BCUT2D eigenvalue weighted by atomic mass is 10.1. The third kappa shape index (κ3) is 5.72. The molecule has 2 N–H and O–H groups in total. The van der Waals surface area contributed by atoms with Gasteiger partial charge in [-0.25, -0.2) is 13.8 Å². The van der Waals surface area contributed by atoms with Gasteiger partial charge in [-0.1, -0.05) is 6.07 Å². The maximum Gasteiger partial charge on any atom is 0.244 e. The monoisotopic (exact) mass is 428 g/mol. The largest absolute Gasteiger partial charge is 0.372 e. The fraction of sp³-hybridized carbons (Fsp3) is 0.381. The minimum Gasteiger partial charge on any atom is -0.372 e. The fourth-order valence-corrected chi connectivity index (χ4v) is 2.93. The van der Waals surface area contributed by atoms with Crippen LogP contribution in [0.3, 0.4) is 0 Å². The van der Waals surface area contributed by atoms with Gasteiger partial charge < -0.3 is 15.5 Å². The van der Waals surface area contributed by atoms with Gasteiger partial charge in [-0.15, -0.1) is 0 Å². The molecule has 10 heteroatoms. The molecule has 1 heterocycles. The van der Waals surface area contributed by atoms with Gasteiger partial charge in [-0.3, -0.25) is 14.6 Å². The summed E-state index contributed by atoms with van der Waals surface area (Å²) in [4.78, 5) is 33.8. The number of benzene rings is 1. The maximum absolute atomic E-state index is 13.0. The van der Waals surface area contributed by atoms with Crippen LogP contribution in [0.15, 0.2) is 30.6 Å². The SMILES string of the molecule is CN(C)C(=O)[C@H](CC(F)F)Nc1cc(-c2cnc(NC(=O)C3CC3)cn2)ccc1C#N. The van der Waals surface area contributed by atoms with E-state index in [1.54, 1.807) is 12.1 Å². The van der Waals surface area contributed by atoms with Crippen molar-refractivity contribution in [3.8, 4) is 17.3 Å². The second-order valence-electron chi connectivity index (χ2n) is 7.48. The molecule has 1 aliphatic carbocycles. The second kappa shape index (κ2) is 9.47. The van der Waals surface area contributed by atoms with Gasteiger partial charge in [0.15, 0.2) is 5.82 Å². The standard InChI is InChI=1S/C21H22F2N6O2/c1-29(2)21(31)16(8-18(22)23)27-15-7-13(5-6-14(15)9-24)17-10-26-19(11-25-17)28-20(30)12-3-4-12/h5-7,10-12,16,18,27H,3-4,8H2,1-2H3,(H,26,28,30)/t16-/m0/s1. The topological polar surface area (TPSA) is 111 Å². The molecule has 1 aliphatic rings. The summed E-state index contributed by atoms with van der Waals surface area (Å²) in [7, 11) is 2.95. The van der Waals surface area contributed by atoms with Crippen molar-refractivity contribution in [2.24, 2.45) is 5.92 Å². The molecule has 0 spiro atoms. The number of nitrogens with one attached hydrogen (secondary N) is 2. The molecule has 1 fully saturated rings. The number of nitriles is 1. The van der Waals surface area contributed by atoms with Crippen molar-refractivity contribution in [2.45, 2.75) is 31.7 Å². The van der Waals surface area contributed by atoms with Crippen LogP contribution in [0.1, 0.15) is 24.8 Å². The molecule has 162 valence electrons. The average Bonchev–Trinajstić information content (AvgIpc) is 3.58. The Balaban J connectivity index is 1.83. The fourth-order valence-electron chi connectivity index (χ4n) is 2.93. The van der Waals surface area contributed by atoms with Crippen LogP contribution in [-0.4, -0.2) is 53.2 Å². The first-order valence-electron chi connectivity index (χ1n) is 9.71. The van der Waals surface area contributed by atoms with E-state index in [0.29, 0.717) is 17.1 Å². The van der Waals surface area contributed by atoms with Crippen LogP contribution in [0, 0.1) is 17.2 Å². The van der Waals surface area contributed by atoms with Crippen molar-refractivity contribution >= 4 is 23.3 Å². The molecule has 1 saturated carbocycles. The predicted molar refractivity (Wildman–Crippen MR) is 110 cm³/mol. The highest BCUT2D eigenvalue weighted by atomic mass is 19.3. The summed E-state index contributed by atoms with van der Waals surface area (Å²) in [6.45, 7) is 0. The number of hydrogen-bond acceptors (Lipinski definition) is 6. The van der Waals surface area contributed by atoms with Crippen molar-refractivity contribution in [1.29, 1.82) is 5.26 Å². The molecule has 1 atom stereocenters. The smallest absolute Gasteiger partial charge is 0.244 e. The Kier molecular flexibility index (Phi) is 6.74. The summed E-state index contributed by atoms with van der Waals surface area (Å²) in [5.41, 5.74) is 1.48. The van der Waals surface area contributed by atoms with Crippen LogP contribution in [0.5, 0.6) is 0 Å². The van der Waals surface area contributed by atoms with E-state index in [4.69, 9.17) is 0 Å². The number of anilines is 2. The summed E-state index contributed by atoms with van der Waals surface area (Å²) >= 11 is 0. The van der Waals surface area contributed by atoms with E-state index in [1.165, 1.54) is 37.5 Å². The minimum atomic E-state index is -2.70. The van der Waals surface area contributed by atoms with E-state index < -0.39 is 24.8 Å². The minimum absolute atomic E-state index is 0.0414. The molecule has 0 aliphatic heterocycles. The third-order valence-corrected chi connectivity index (χ3v) is 4.77. The maximum atomic E-state index is 13.0. The number of amides is 2. The average molecular weight is 428 g/mol. The van der Waals surface area contributed by atoms with E-state index >= 15 is 0 Å². The molecule has 0 radical (unpaired) electrons. The van der Waals surface area contributed by atoms with Gasteiger partial charge in [0, 0.05) is 32.0 Å². The zero-order valence-corrected chi connectivity index (χ0v) is 17.1. The Morgan fingerprint density at radius 3 is 2.55 bits per heavy atom. The summed E-state index contributed by atoms with van der Waals surface area (Å²) in [5.74, 6) is -0.228. The lowest BCUT2D eigenvalue weighted by molar-refractivity contribution is -0.130. The zero-order chi connectivity index (χ0) is 22.5. The number of likely N-dealkylation sites (N-methyl/N-ethyl adjacent to an activating group) is 1. The predicted octanol–water partition coefficient (Wildman–Crippen LogP) is 2.89. The van der Waals surface area contributed by atoms with Crippen molar-refractivity contribution in [3.05, 3.63) is 36.2 Å². The number of hydrogen-bond donors (Lipinski definition) is 2. The summed E-state index contributed by atoms with van der Waals surface area (Å²) in [6.07, 6.45) is 1.26. The van der Waals surface area contributed by atoms with Gasteiger partial charge in [0.1, 0.15) is 12.1 Å². The highest BCUT2D eigenvalue weighted by Crippen LogP contribution is 2.30. The lowest BCUT2D eigenvalue weighted by Crippen LogP contribution is -2.40.